The summed E-state index contributed by atoms with van der Waals surface area (Å²) in [7, 11) is 0. The van der Waals surface area contributed by atoms with Crippen LogP contribution in [0.1, 0.15) is 11.6 Å². The molecular formula is C14H12BrF2NO. The van der Waals surface area contributed by atoms with Crippen molar-refractivity contribution >= 4 is 21.6 Å². The lowest BCUT2D eigenvalue weighted by Crippen LogP contribution is -2.15. The van der Waals surface area contributed by atoms with Crippen LogP contribution in [0.3, 0.4) is 0 Å². The molecule has 2 rings (SSSR count). The zero-order valence-electron chi connectivity index (χ0n) is 9.91. The Morgan fingerprint density at radius 1 is 1.11 bits per heavy atom. The van der Waals surface area contributed by atoms with Crippen LogP contribution in [-0.2, 0) is 0 Å². The zero-order chi connectivity index (χ0) is 13.8. The van der Waals surface area contributed by atoms with E-state index in [4.69, 9.17) is 0 Å². The number of halogens is 3. The van der Waals surface area contributed by atoms with Crippen molar-refractivity contribution in [1.82, 2.24) is 0 Å². The van der Waals surface area contributed by atoms with Gasteiger partial charge in [0.15, 0.2) is 11.6 Å². The third kappa shape index (κ3) is 3.52. The second kappa shape index (κ2) is 6.12. The van der Waals surface area contributed by atoms with Gasteiger partial charge in [0.1, 0.15) is 0 Å². The van der Waals surface area contributed by atoms with Gasteiger partial charge in [-0.05, 0) is 35.9 Å². The Bertz CT molecular complexity index is 577. The molecule has 0 bridgehead atoms. The van der Waals surface area contributed by atoms with Gasteiger partial charge < -0.3 is 10.4 Å². The van der Waals surface area contributed by atoms with E-state index < -0.39 is 17.7 Å². The van der Waals surface area contributed by atoms with Gasteiger partial charge in [-0.25, -0.2) is 8.78 Å². The summed E-state index contributed by atoms with van der Waals surface area (Å²) in [4.78, 5) is 0. The van der Waals surface area contributed by atoms with Crippen LogP contribution in [0.2, 0.25) is 0 Å². The molecular weight excluding hydrogens is 316 g/mol. The molecule has 0 aromatic heterocycles. The van der Waals surface area contributed by atoms with Gasteiger partial charge in [-0.1, -0.05) is 28.1 Å². The summed E-state index contributed by atoms with van der Waals surface area (Å²) >= 11 is 3.34. The summed E-state index contributed by atoms with van der Waals surface area (Å²) in [5, 5.41) is 12.4. The van der Waals surface area contributed by atoms with E-state index in [-0.39, 0.29) is 6.61 Å². The molecule has 1 unspecified atom stereocenters. The van der Waals surface area contributed by atoms with Gasteiger partial charge in [0.05, 0.1) is 12.6 Å². The van der Waals surface area contributed by atoms with E-state index in [9.17, 15) is 13.9 Å². The fourth-order valence-electron chi connectivity index (χ4n) is 1.74. The van der Waals surface area contributed by atoms with Gasteiger partial charge in [0.25, 0.3) is 0 Å². The van der Waals surface area contributed by atoms with Crippen molar-refractivity contribution in [3.8, 4) is 0 Å². The number of aliphatic hydroxyl groups is 1. The van der Waals surface area contributed by atoms with Crippen molar-refractivity contribution in [2.24, 2.45) is 0 Å². The minimum atomic E-state index is -0.924. The summed E-state index contributed by atoms with van der Waals surface area (Å²) in [6.07, 6.45) is 0. The second-order valence-electron chi connectivity index (χ2n) is 4.06. The van der Waals surface area contributed by atoms with Crippen molar-refractivity contribution in [1.29, 1.82) is 0 Å². The molecule has 2 aromatic rings. The molecule has 2 aromatic carbocycles. The van der Waals surface area contributed by atoms with Crippen molar-refractivity contribution in [2.45, 2.75) is 6.04 Å². The highest BCUT2D eigenvalue weighted by Gasteiger charge is 2.13. The number of nitrogens with one attached hydrogen (secondary N) is 1. The maximum absolute atomic E-state index is 13.2. The van der Waals surface area contributed by atoms with E-state index in [1.165, 1.54) is 6.07 Å². The van der Waals surface area contributed by atoms with Crippen molar-refractivity contribution in [3.05, 3.63) is 64.1 Å². The van der Waals surface area contributed by atoms with Crippen LogP contribution in [0.5, 0.6) is 0 Å². The molecule has 0 spiro atoms. The fourth-order valence-corrected chi connectivity index (χ4v) is 2.14. The average Bonchev–Trinajstić information content (AvgIpc) is 2.39. The molecule has 0 saturated heterocycles. The number of aliphatic hydroxyl groups excluding tert-OH is 1. The molecule has 5 heteroatoms. The van der Waals surface area contributed by atoms with Gasteiger partial charge >= 0.3 is 0 Å². The molecule has 1 atom stereocenters. The van der Waals surface area contributed by atoms with E-state index in [0.29, 0.717) is 5.56 Å². The topological polar surface area (TPSA) is 32.3 Å². The summed E-state index contributed by atoms with van der Waals surface area (Å²) in [5.74, 6) is -1.82. The smallest absolute Gasteiger partial charge is 0.159 e. The average molecular weight is 328 g/mol. The second-order valence-corrected chi connectivity index (χ2v) is 4.98. The van der Waals surface area contributed by atoms with E-state index in [0.717, 1.165) is 22.3 Å². The predicted octanol–water partition coefficient (Wildman–Crippen LogP) is 3.87. The molecule has 0 aliphatic heterocycles. The Balaban J connectivity index is 2.22. The molecule has 100 valence electrons. The Morgan fingerprint density at radius 2 is 1.89 bits per heavy atom. The fraction of sp³-hybridized carbons (Fsp3) is 0.143. The SMILES string of the molecule is OCC(Nc1cccc(Br)c1)c1ccc(F)c(F)c1. The predicted molar refractivity (Wildman–Crippen MR) is 73.9 cm³/mol. The molecule has 0 heterocycles. The first-order valence-corrected chi connectivity index (χ1v) is 6.47. The minimum absolute atomic E-state index is 0.225. The first-order chi connectivity index (χ1) is 9.10. The molecule has 0 radical (unpaired) electrons. The largest absolute Gasteiger partial charge is 0.394 e. The Kier molecular flexibility index (Phi) is 4.50. The molecule has 0 fully saturated rings. The lowest BCUT2D eigenvalue weighted by atomic mass is 10.1. The van der Waals surface area contributed by atoms with E-state index in [1.54, 1.807) is 0 Å². The van der Waals surface area contributed by atoms with Crippen LogP contribution in [0.4, 0.5) is 14.5 Å². The Morgan fingerprint density at radius 3 is 2.53 bits per heavy atom. The van der Waals surface area contributed by atoms with Gasteiger partial charge in [-0.15, -0.1) is 0 Å². The molecule has 2 nitrogen and oxygen atoms in total. The lowest BCUT2D eigenvalue weighted by Gasteiger charge is -2.18. The number of hydrogen-bond acceptors (Lipinski definition) is 2. The highest BCUT2D eigenvalue weighted by atomic mass is 79.9. The van der Waals surface area contributed by atoms with E-state index in [1.807, 2.05) is 24.3 Å². The normalized spacial score (nSPS) is 12.2. The van der Waals surface area contributed by atoms with E-state index >= 15 is 0 Å². The maximum atomic E-state index is 13.2. The number of hydrogen-bond donors (Lipinski definition) is 2. The van der Waals surface area contributed by atoms with Crippen LogP contribution >= 0.6 is 15.9 Å². The number of anilines is 1. The molecule has 19 heavy (non-hydrogen) atoms. The highest BCUT2D eigenvalue weighted by molar-refractivity contribution is 9.10. The molecule has 2 N–H and O–H groups in total. The molecule has 0 aliphatic rings. The number of benzene rings is 2. The summed E-state index contributed by atoms with van der Waals surface area (Å²) in [5.41, 5.74) is 1.26. The van der Waals surface area contributed by atoms with Gasteiger partial charge in [0.2, 0.25) is 0 Å². The summed E-state index contributed by atoms with van der Waals surface area (Å²) in [6.45, 7) is -0.225. The maximum Gasteiger partial charge on any atom is 0.159 e. The Hall–Kier alpha value is -1.46. The van der Waals surface area contributed by atoms with Crippen molar-refractivity contribution in [2.75, 3.05) is 11.9 Å². The van der Waals surface area contributed by atoms with Crippen molar-refractivity contribution in [3.63, 3.8) is 0 Å². The molecule has 0 saturated carbocycles. The summed E-state index contributed by atoms with van der Waals surface area (Å²) in [6, 6.07) is 10.5. The highest BCUT2D eigenvalue weighted by Crippen LogP contribution is 2.23. The van der Waals surface area contributed by atoms with Crippen LogP contribution in [-0.4, -0.2) is 11.7 Å². The standard InChI is InChI=1S/C14H12BrF2NO/c15-10-2-1-3-11(7-10)18-14(8-19)9-4-5-12(16)13(17)6-9/h1-7,14,18-19H,8H2. The van der Waals surface area contributed by atoms with Crippen LogP contribution < -0.4 is 5.32 Å². The van der Waals surface area contributed by atoms with Crippen LogP contribution in [0, 0.1) is 11.6 Å². The lowest BCUT2D eigenvalue weighted by molar-refractivity contribution is 0.276. The monoisotopic (exact) mass is 327 g/mol. The van der Waals surface area contributed by atoms with Gasteiger partial charge in [0, 0.05) is 10.2 Å². The van der Waals surface area contributed by atoms with Gasteiger partial charge in [-0.2, -0.15) is 0 Å². The van der Waals surface area contributed by atoms with Crippen LogP contribution in [0.15, 0.2) is 46.9 Å². The zero-order valence-corrected chi connectivity index (χ0v) is 11.5. The van der Waals surface area contributed by atoms with Crippen LogP contribution in [0.25, 0.3) is 0 Å². The summed E-state index contributed by atoms with van der Waals surface area (Å²) < 4.78 is 27.0. The van der Waals surface area contributed by atoms with Crippen molar-refractivity contribution < 1.29 is 13.9 Å². The van der Waals surface area contributed by atoms with E-state index in [2.05, 4.69) is 21.2 Å². The Labute approximate surface area is 118 Å². The third-order valence-electron chi connectivity index (χ3n) is 2.69. The minimum Gasteiger partial charge on any atom is -0.394 e. The first-order valence-electron chi connectivity index (χ1n) is 5.68. The van der Waals surface area contributed by atoms with Gasteiger partial charge in [-0.3, -0.25) is 0 Å². The molecule has 0 aliphatic carbocycles. The number of rotatable bonds is 4. The quantitative estimate of drug-likeness (QED) is 0.893. The third-order valence-corrected chi connectivity index (χ3v) is 3.19. The molecule has 0 amide bonds. The first kappa shape index (κ1) is 14.0.